The Balaban J connectivity index is 2.24. The fraction of sp³-hybridized carbons (Fsp3) is 1.00. The number of ether oxygens (including phenoxy) is 2. The Labute approximate surface area is 105 Å². The normalized spacial score (nSPS) is 26.5. The van der Waals surface area contributed by atoms with Gasteiger partial charge in [-0.1, -0.05) is 0 Å². The molecule has 7 heteroatoms. The average Bonchev–Trinajstić information content (AvgIpc) is 2.33. The zero-order valence-electron chi connectivity index (χ0n) is 10.6. The molecule has 1 heterocycles. The average molecular weight is 270 g/mol. The highest BCUT2D eigenvalue weighted by Gasteiger charge is 2.29. The molecule has 2 atom stereocenters. The third kappa shape index (κ3) is 5.51. The second-order valence-electron chi connectivity index (χ2n) is 4.48. The minimum atomic E-state index is -4.25. The first-order valence-electron chi connectivity index (χ1n) is 6.07. The maximum atomic E-state index is 11.9. The fourth-order valence-electron chi connectivity index (χ4n) is 2.19. The van der Waals surface area contributed by atoms with Gasteiger partial charge in [-0.05, 0) is 12.8 Å². The van der Waals surface area contributed by atoms with Crippen LogP contribution in [0.25, 0.3) is 0 Å². The van der Waals surface area contributed by atoms with Crippen molar-refractivity contribution in [3.8, 4) is 0 Å². The van der Waals surface area contributed by atoms with Crippen LogP contribution in [0.4, 0.5) is 13.2 Å². The van der Waals surface area contributed by atoms with Crippen molar-refractivity contribution >= 4 is 0 Å². The molecule has 18 heavy (non-hydrogen) atoms. The van der Waals surface area contributed by atoms with Gasteiger partial charge in [0.15, 0.2) is 0 Å². The lowest BCUT2D eigenvalue weighted by atomic mass is 9.99. The van der Waals surface area contributed by atoms with Gasteiger partial charge in [-0.3, -0.25) is 4.90 Å². The number of hydrogen-bond donors (Lipinski definition) is 1. The number of alkyl halides is 3. The van der Waals surface area contributed by atoms with Crippen molar-refractivity contribution in [3.05, 3.63) is 0 Å². The van der Waals surface area contributed by atoms with Gasteiger partial charge in [-0.2, -0.15) is 13.2 Å². The molecule has 0 saturated carbocycles. The molecule has 1 rings (SSSR count). The van der Waals surface area contributed by atoms with E-state index in [4.69, 9.17) is 10.5 Å². The van der Waals surface area contributed by atoms with Crippen LogP contribution in [0, 0.1) is 0 Å². The molecular weight excluding hydrogens is 249 g/mol. The smallest absolute Gasteiger partial charge is 0.381 e. The molecule has 0 amide bonds. The number of methoxy groups -OCH3 is 1. The zero-order chi connectivity index (χ0) is 13.6. The number of piperidine rings is 1. The summed E-state index contributed by atoms with van der Waals surface area (Å²) in [6.07, 6.45) is -2.35. The minimum absolute atomic E-state index is 0.0770. The molecule has 1 aliphatic heterocycles. The first kappa shape index (κ1) is 15.7. The topological polar surface area (TPSA) is 47.7 Å². The fourth-order valence-corrected chi connectivity index (χ4v) is 2.19. The van der Waals surface area contributed by atoms with E-state index in [0.29, 0.717) is 13.1 Å². The van der Waals surface area contributed by atoms with Crippen molar-refractivity contribution in [2.45, 2.75) is 31.2 Å². The summed E-state index contributed by atoms with van der Waals surface area (Å²) in [6, 6.07) is 0.165. The van der Waals surface area contributed by atoms with E-state index in [1.165, 1.54) is 0 Å². The van der Waals surface area contributed by atoms with Gasteiger partial charge in [0.2, 0.25) is 0 Å². The second-order valence-corrected chi connectivity index (χ2v) is 4.48. The number of rotatable bonds is 6. The van der Waals surface area contributed by atoms with Gasteiger partial charge < -0.3 is 15.2 Å². The van der Waals surface area contributed by atoms with Gasteiger partial charge in [0, 0.05) is 32.8 Å². The Kier molecular flexibility index (Phi) is 6.34. The summed E-state index contributed by atoms with van der Waals surface area (Å²) >= 11 is 0. The Morgan fingerprint density at radius 2 is 2.11 bits per heavy atom. The molecule has 108 valence electrons. The highest BCUT2D eigenvalue weighted by molar-refractivity contribution is 4.82. The summed E-state index contributed by atoms with van der Waals surface area (Å²) in [5.74, 6) is 0. The molecule has 0 bridgehead atoms. The van der Waals surface area contributed by atoms with Gasteiger partial charge in [0.25, 0.3) is 0 Å². The zero-order valence-corrected chi connectivity index (χ0v) is 10.6. The van der Waals surface area contributed by atoms with E-state index in [0.717, 1.165) is 19.4 Å². The first-order chi connectivity index (χ1) is 8.46. The lowest BCUT2D eigenvalue weighted by Gasteiger charge is -2.38. The van der Waals surface area contributed by atoms with Crippen LogP contribution in [0.1, 0.15) is 12.8 Å². The first-order valence-corrected chi connectivity index (χ1v) is 6.07. The van der Waals surface area contributed by atoms with E-state index < -0.39 is 12.8 Å². The van der Waals surface area contributed by atoms with Crippen molar-refractivity contribution in [2.75, 3.05) is 40.0 Å². The van der Waals surface area contributed by atoms with Gasteiger partial charge in [-0.15, -0.1) is 0 Å². The molecule has 0 radical (unpaired) electrons. The van der Waals surface area contributed by atoms with E-state index in [1.807, 2.05) is 0 Å². The van der Waals surface area contributed by atoms with Crippen molar-refractivity contribution < 1.29 is 22.6 Å². The van der Waals surface area contributed by atoms with Crippen LogP contribution in [-0.4, -0.2) is 63.2 Å². The van der Waals surface area contributed by atoms with Crippen LogP contribution >= 0.6 is 0 Å². The number of nitrogens with zero attached hydrogens (tertiary/aromatic N) is 1. The van der Waals surface area contributed by atoms with Crippen LogP contribution < -0.4 is 5.73 Å². The molecule has 4 nitrogen and oxygen atoms in total. The molecule has 0 spiro atoms. The maximum absolute atomic E-state index is 11.9. The summed E-state index contributed by atoms with van der Waals surface area (Å²) in [5.41, 5.74) is 5.67. The van der Waals surface area contributed by atoms with E-state index in [2.05, 4.69) is 9.64 Å². The van der Waals surface area contributed by atoms with E-state index in [1.54, 1.807) is 7.11 Å². The quantitative estimate of drug-likeness (QED) is 0.732. The lowest BCUT2D eigenvalue weighted by Crippen LogP contribution is -2.49. The Hall–Kier alpha value is -0.370. The van der Waals surface area contributed by atoms with E-state index >= 15 is 0 Å². The molecule has 0 aromatic rings. The summed E-state index contributed by atoms with van der Waals surface area (Å²) in [5, 5.41) is 0. The number of likely N-dealkylation sites (tertiary alicyclic amines) is 1. The van der Waals surface area contributed by atoms with Crippen LogP contribution in [0.5, 0.6) is 0 Å². The Morgan fingerprint density at radius 1 is 1.39 bits per heavy atom. The van der Waals surface area contributed by atoms with Gasteiger partial charge >= 0.3 is 6.18 Å². The maximum Gasteiger partial charge on any atom is 0.411 e. The minimum Gasteiger partial charge on any atom is -0.381 e. The summed E-state index contributed by atoms with van der Waals surface area (Å²) in [4.78, 5) is 2.08. The molecule has 0 aromatic heterocycles. The molecule has 1 saturated heterocycles. The molecule has 0 aliphatic carbocycles. The standard InChI is InChI=1S/C11H21F3N2O2/c1-17-10-2-3-16(9(6-10)7-15)4-5-18-8-11(12,13)14/h9-10H,2-8,15H2,1H3. The van der Waals surface area contributed by atoms with Gasteiger partial charge in [-0.25, -0.2) is 0 Å². The molecule has 2 N–H and O–H groups in total. The number of hydrogen-bond acceptors (Lipinski definition) is 4. The molecule has 0 aromatic carbocycles. The second kappa shape index (κ2) is 7.28. The van der Waals surface area contributed by atoms with Crippen molar-refractivity contribution in [1.82, 2.24) is 4.90 Å². The van der Waals surface area contributed by atoms with Crippen molar-refractivity contribution in [2.24, 2.45) is 5.73 Å². The number of nitrogens with two attached hydrogens (primary N) is 1. The van der Waals surface area contributed by atoms with Crippen LogP contribution in [0.2, 0.25) is 0 Å². The van der Waals surface area contributed by atoms with Crippen molar-refractivity contribution in [1.29, 1.82) is 0 Å². The van der Waals surface area contributed by atoms with E-state index in [9.17, 15) is 13.2 Å². The monoisotopic (exact) mass is 270 g/mol. The molecule has 1 fully saturated rings. The summed E-state index contributed by atoms with van der Waals surface area (Å²) in [6.45, 7) is 0.645. The van der Waals surface area contributed by atoms with Crippen LogP contribution in [0.15, 0.2) is 0 Å². The molecular formula is C11H21F3N2O2. The number of halogens is 3. The van der Waals surface area contributed by atoms with Gasteiger partial charge in [0.1, 0.15) is 6.61 Å². The lowest BCUT2D eigenvalue weighted by molar-refractivity contribution is -0.175. The van der Waals surface area contributed by atoms with Crippen LogP contribution in [-0.2, 0) is 9.47 Å². The predicted molar refractivity (Wildman–Crippen MR) is 61.3 cm³/mol. The summed E-state index contributed by atoms with van der Waals surface area (Å²) < 4.78 is 45.5. The third-order valence-corrected chi connectivity index (χ3v) is 3.18. The third-order valence-electron chi connectivity index (χ3n) is 3.18. The van der Waals surface area contributed by atoms with Gasteiger partial charge in [0.05, 0.1) is 12.7 Å². The Bertz CT molecular complexity index is 239. The van der Waals surface area contributed by atoms with Crippen LogP contribution in [0.3, 0.4) is 0 Å². The molecule has 1 aliphatic rings. The van der Waals surface area contributed by atoms with Crippen molar-refractivity contribution in [3.63, 3.8) is 0 Å². The highest BCUT2D eigenvalue weighted by Crippen LogP contribution is 2.19. The SMILES string of the molecule is COC1CCN(CCOCC(F)(F)F)C(CN)C1. The largest absolute Gasteiger partial charge is 0.411 e. The Morgan fingerprint density at radius 3 is 2.67 bits per heavy atom. The predicted octanol–water partition coefficient (Wildman–Crippen LogP) is 1.00. The highest BCUT2D eigenvalue weighted by atomic mass is 19.4. The molecule has 2 unspecified atom stereocenters. The summed E-state index contributed by atoms with van der Waals surface area (Å²) in [7, 11) is 1.67. The van der Waals surface area contributed by atoms with E-state index in [-0.39, 0.29) is 18.8 Å².